The predicted octanol–water partition coefficient (Wildman–Crippen LogP) is 3.65. The lowest BCUT2D eigenvalue weighted by Gasteiger charge is -1.99. The Balaban J connectivity index is 2.42. The van der Waals surface area contributed by atoms with E-state index in [4.69, 9.17) is 5.11 Å². The maximum absolute atomic E-state index is 13.0. The Morgan fingerprint density at radius 3 is 2.89 bits per heavy atom. The number of carboxylic acids is 1. The summed E-state index contributed by atoms with van der Waals surface area (Å²) < 4.78 is 13.6. The first-order chi connectivity index (χ1) is 8.47. The quantitative estimate of drug-likeness (QED) is 0.935. The number of hydrogen-bond acceptors (Lipinski definition) is 3. The molecule has 0 aliphatic rings. The van der Waals surface area contributed by atoms with E-state index >= 15 is 0 Å². The van der Waals surface area contributed by atoms with Crippen molar-refractivity contribution in [2.24, 2.45) is 0 Å². The van der Waals surface area contributed by atoms with E-state index in [2.05, 4.69) is 20.9 Å². The zero-order chi connectivity index (χ0) is 13.3. The summed E-state index contributed by atoms with van der Waals surface area (Å²) in [6.45, 7) is 1.77. The highest BCUT2D eigenvalue weighted by Crippen LogP contribution is 2.33. The average molecular weight is 330 g/mol. The zero-order valence-electron chi connectivity index (χ0n) is 9.41. The number of carboxylic acid groups (broad SMARTS) is 1. The number of hydrogen-bond donors (Lipinski definition) is 1. The van der Waals surface area contributed by atoms with Gasteiger partial charge in [0.15, 0.2) is 0 Å². The van der Waals surface area contributed by atoms with Crippen LogP contribution in [-0.2, 0) is 11.2 Å². The van der Waals surface area contributed by atoms with Crippen molar-refractivity contribution in [2.45, 2.75) is 13.3 Å². The van der Waals surface area contributed by atoms with Crippen LogP contribution in [0.4, 0.5) is 4.39 Å². The van der Waals surface area contributed by atoms with Crippen LogP contribution in [0.2, 0.25) is 0 Å². The Morgan fingerprint density at radius 2 is 2.28 bits per heavy atom. The molecule has 0 radical (unpaired) electrons. The van der Waals surface area contributed by atoms with Crippen LogP contribution in [0.3, 0.4) is 0 Å². The minimum absolute atomic E-state index is 0.0394. The number of nitrogens with zero attached hydrogens (tertiary/aromatic N) is 1. The van der Waals surface area contributed by atoms with Crippen molar-refractivity contribution in [1.82, 2.24) is 4.98 Å². The van der Waals surface area contributed by atoms with Crippen LogP contribution in [0.15, 0.2) is 22.7 Å². The first kappa shape index (κ1) is 13.2. The molecular weight excluding hydrogens is 321 g/mol. The van der Waals surface area contributed by atoms with Gasteiger partial charge in [-0.1, -0.05) is 0 Å². The molecular formula is C12H9BrFNO2S. The van der Waals surface area contributed by atoms with Crippen molar-refractivity contribution in [1.29, 1.82) is 0 Å². The van der Waals surface area contributed by atoms with E-state index in [1.807, 2.05) is 0 Å². The van der Waals surface area contributed by atoms with Crippen molar-refractivity contribution in [3.8, 4) is 10.6 Å². The predicted molar refractivity (Wildman–Crippen MR) is 71.3 cm³/mol. The molecule has 0 atom stereocenters. The standard InChI is InChI=1S/C12H9BrFNO2S/c1-6-10(5-11(16)17)18-12(15-6)8-3-2-7(14)4-9(8)13/h2-4H,5H2,1H3,(H,16,17). The van der Waals surface area contributed by atoms with Crippen molar-refractivity contribution in [3.63, 3.8) is 0 Å². The Kier molecular flexibility index (Phi) is 3.77. The smallest absolute Gasteiger partial charge is 0.308 e. The summed E-state index contributed by atoms with van der Waals surface area (Å²) in [5.41, 5.74) is 1.47. The normalized spacial score (nSPS) is 10.6. The minimum Gasteiger partial charge on any atom is -0.481 e. The molecule has 18 heavy (non-hydrogen) atoms. The Bertz CT molecular complexity index is 612. The second kappa shape index (κ2) is 5.16. The molecule has 0 bridgehead atoms. The van der Waals surface area contributed by atoms with Gasteiger partial charge >= 0.3 is 5.97 Å². The van der Waals surface area contributed by atoms with Gasteiger partial charge in [0.1, 0.15) is 10.8 Å². The van der Waals surface area contributed by atoms with E-state index in [-0.39, 0.29) is 12.2 Å². The number of benzene rings is 1. The maximum atomic E-state index is 13.0. The molecule has 0 aliphatic carbocycles. The molecule has 0 aliphatic heterocycles. The first-order valence-corrected chi connectivity index (χ1v) is 6.72. The lowest BCUT2D eigenvalue weighted by atomic mass is 10.2. The second-order valence-corrected chi connectivity index (χ2v) is 5.66. The fourth-order valence-electron chi connectivity index (χ4n) is 1.51. The summed E-state index contributed by atoms with van der Waals surface area (Å²) in [7, 11) is 0. The second-order valence-electron chi connectivity index (χ2n) is 3.72. The summed E-state index contributed by atoms with van der Waals surface area (Å²) in [5, 5.41) is 9.47. The third-order valence-corrected chi connectivity index (χ3v) is 4.21. The number of aryl methyl sites for hydroxylation is 1. The van der Waals surface area contributed by atoms with E-state index < -0.39 is 5.97 Å². The lowest BCUT2D eigenvalue weighted by molar-refractivity contribution is -0.136. The van der Waals surface area contributed by atoms with E-state index in [1.165, 1.54) is 23.5 Å². The summed E-state index contributed by atoms with van der Waals surface area (Å²) in [6, 6.07) is 4.35. The monoisotopic (exact) mass is 329 g/mol. The van der Waals surface area contributed by atoms with Crippen LogP contribution in [0.5, 0.6) is 0 Å². The van der Waals surface area contributed by atoms with Crippen LogP contribution >= 0.6 is 27.3 Å². The van der Waals surface area contributed by atoms with Gasteiger partial charge in [0.25, 0.3) is 0 Å². The average Bonchev–Trinajstić information content (AvgIpc) is 2.59. The largest absolute Gasteiger partial charge is 0.481 e. The molecule has 1 aromatic heterocycles. The zero-order valence-corrected chi connectivity index (χ0v) is 11.8. The summed E-state index contributed by atoms with van der Waals surface area (Å²) in [5.74, 6) is -1.21. The van der Waals surface area contributed by atoms with Gasteiger partial charge in [0.05, 0.1) is 12.1 Å². The molecule has 1 N–H and O–H groups in total. The molecule has 2 aromatic rings. The first-order valence-electron chi connectivity index (χ1n) is 5.11. The topological polar surface area (TPSA) is 50.2 Å². The van der Waals surface area contributed by atoms with Gasteiger partial charge in [-0.2, -0.15) is 0 Å². The SMILES string of the molecule is Cc1nc(-c2ccc(F)cc2Br)sc1CC(=O)O. The maximum Gasteiger partial charge on any atom is 0.308 e. The summed E-state index contributed by atoms with van der Waals surface area (Å²) in [6.07, 6.45) is -0.0394. The number of thiazole rings is 1. The van der Waals surface area contributed by atoms with Gasteiger partial charge < -0.3 is 5.11 Å². The van der Waals surface area contributed by atoms with Crippen molar-refractivity contribution in [2.75, 3.05) is 0 Å². The van der Waals surface area contributed by atoms with Crippen molar-refractivity contribution in [3.05, 3.63) is 39.1 Å². The molecule has 94 valence electrons. The van der Waals surface area contributed by atoms with Gasteiger partial charge in [-0.25, -0.2) is 9.37 Å². The van der Waals surface area contributed by atoms with E-state index in [1.54, 1.807) is 13.0 Å². The minimum atomic E-state index is -0.883. The lowest BCUT2D eigenvalue weighted by Crippen LogP contribution is -1.99. The summed E-state index contributed by atoms with van der Waals surface area (Å²) >= 11 is 4.60. The van der Waals surface area contributed by atoms with Crippen molar-refractivity contribution < 1.29 is 14.3 Å². The highest BCUT2D eigenvalue weighted by Gasteiger charge is 2.14. The Hall–Kier alpha value is -1.27. The van der Waals surface area contributed by atoms with Gasteiger partial charge in [-0.3, -0.25) is 4.79 Å². The molecule has 1 aromatic carbocycles. The van der Waals surface area contributed by atoms with Crippen LogP contribution in [0.25, 0.3) is 10.6 Å². The van der Waals surface area contributed by atoms with Gasteiger partial charge in [-0.05, 0) is 41.1 Å². The molecule has 6 heteroatoms. The summed E-state index contributed by atoms with van der Waals surface area (Å²) in [4.78, 5) is 15.7. The van der Waals surface area contributed by atoms with E-state index in [0.717, 1.165) is 5.56 Å². The van der Waals surface area contributed by atoms with Crippen LogP contribution in [0.1, 0.15) is 10.6 Å². The number of rotatable bonds is 3. The van der Waals surface area contributed by atoms with Gasteiger partial charge in [0.2, 0.25) is 0 Å². The highest BCUT2D eigenvalue weighted by atomic mass is 79.9. The van der Waals surface area contributed by atoms with Gasteiger partial charge in [0, 0.05) is 14.9 Å². The van der Waals surface area contributed by atoms with E-state index in [9.17, 15) is 9.18 Å². The van der Waals surface area contributed by atoms with Crippen LogP contribution < -0.4 is 0 Å². The molecule has 0 amide bonds. The molecule has 3 nitrogen and oxygen atoms in total. The molecule has 0 saturated carbocycles. The third kappa shape index (κ3) is 2.76. The van der Waals surface area contributed by atoms with Crippen LogP contribution in [-0.4, -0.2) is 16.1 Å². The van der Waals surface area contributed by atoms with Crippen molar-refractivity contribution >= 4 is 33.2 Å². The number of aliphatic carboxylic acids is 1. The fourth-order valence-corrected chi connectivity index (χ4v) is 3.27. The molecule has 2 rings (SSSR count). The fraction of sp³-hybridized carbons (Fsp3) is 0.167. The van der Waals surface area contributed by atoms with E-state index in [0.29, 0.717) is 20.1 Å². The molecule has 0 spiro atoms. The number of halogens is 2. The number of carbonyl (C=O) groups is 1. The van der Waals surface area contributed by atoms with Gasteiger partial charge in [-0.15, -0.1) is 11.3 Å². The molecule has 0 unspecified atom stereocenters. The third-order valence-electron chi connectivity index (χ3n) is 2.37. The Morgan fingerprint density at radius 1 is 1.56 bits per heavy atom. The molecule has 1 heterocycles. The molecule has 0 fully saturated rings. The highest BCUT2D eigenvalue weighted by molar-refractivity contribution is 9.10. The number of aromatic nitrogens is 1. The van der Waals surface area contributed by atoms with Crippen LogP contribution in [0, 0.1) is 12.7 Å². The Labute approximate surface area is 115 Å². The molecule has 0 saturated heterocycles.